The minimum atomic E-state index is -0.358. The first kappa shape index (κ1) is 23.3. The van der Waals surface area contributed by atoms with Gasteiger partial charge in [0.1, 0.15) is 6.10 Å². The Kier molecular flexibility index (Phi) is 9.09. The van der Waals surface area contributed by atoms with Crippen LogP contribution in [0.5, 0.6) is 0 Å². The van der Waals surface area contributed by atoms with Crippen molar-refractivity contribution < 1.29 is 29.2 Å². The third-order valence-corrected chi connectivity index (χ3v) is 6.20. The number of aliphatic hydroxyl groups excluding tert-OH is 2. The molecular weight excluding hydrogens is 378 g/mol. The fourth-order valence-electron chi connectivity index (χ4n) is 4.60. The molecule has 1 saturated carbocycles. The molecule has 6 unspecified atom stereocenters. The van der Waals surface area contributed by atoms with Crippen LogP contribution in [-0.2, 0) is 18.9 Å². The summed E-state index contributed by atoms with van der Waals surface area (Å²) >= 11 is 0. The van der Waals surface area contributed by atoms with E-state index < -0.39 is 0 Å². The second-order valence-electron chi connectivity index (χ2n) is 8.62. The largest absolute Gasteiger partial charge is 0.395 e. The van der Waals surface area contributed by atoms with Crippen LogP contribution in [-0.4, -0.2) is 85.1 Å². The lowest BCUT2D eigenvalue weighted by Crippen LogP contribution is -2.57. The van der Waals surface area contributed by atoms with E-state index in [1.165, 1.54) is 0 Å². The molecule has 2 saturated heterocycles. The van der Waals surface area contributed by atoms with Crippen molar-refractivity contribution in [3.8, 4) is 0 Å². The lowest BCUT2D eigenvalue weighted by atomic mass is 9.87. The van der Waals surface area contributed by atoms with Crippen LogP contribution in [0.1, 0.15) is 51.9 Å². The Hall–Kier alpha value is -0.360. The van der Waals surface area contributed by atoms with Crippen LogP contribution in [0.4, 0.5) is 0 Å². The highest BCUT2D eigenvalue weighted by molar-refractivity contribution is 4.93. The molecular formula is C20H39N3O6. The lowest BCUT2D eigenvalue weighted by molar-refractivity contribution is -0.264. The third-order valence-electron chi connectivity index (χ3n) is 6.20. The van der Waals surface area contributed by atoms with Crippen LogP contribution < -0.4 is 16.8 Å². The monoisotopic (exact) mass is 417 g/mol. The first-order valence-corrected chi connectivity index (χ1v) is 11.1. The van der Waals surface area contributed by atoms with E-state index >= 15 is 0 Å². The number of aliphatic hydroxyl groups is 2. The molecule has 9 heteroatoms. The summed E-state index contributed by atoms with van der Waals surface area (Å²) < 4.78 is 24.5. The summed E-state index contributed by atoms with van der Waals surface area (Å²) in [6.45, 7) is 2.72. The number of nitrogens with two attached hydrogens (primary N) is 2. The Morgan fingerprint density at radius 2 is 1.83 bits per heavy atom. The zero-order valence-corrected chi connectivity index (χ0v) is 17.4. The van der Waals surface area contributed by atoms with Gasteiger partial charge in [-0.3, -0.25) is 0 Å². The Bertz CT molecular complexity index is 487. The molecule has 2 heterocycles. The molecule has 29 heavy (non-hydrogen) atoms. The molecule has 7 N–H and O–H groups in total. The minimum Gasteiger partial charge on any atom is -0.395 e. The molecule has 0 aromatic carbocycles. The van der Waals surface area contributed by atoms with Gasteiger partial charge in [0.05, 0.1) is 31.5 Å². The van der Waals surface area contributed by atoms with Crippen molar-refractivity contribution in [2.45, 2.75) is 107 Å². The Balaban J connectivity index is 1.57. The SMILES string of the molecule is CC(NCCO)C1CCC[C@@H](O[C@@H]2C(N)CC(N)CC2O[C@H]2CCC(CO)O2)O1. The summed E-state index contributed by atoms with van der Waals surface area (Å²) in [4.78, 5) is 0. The van der Waals surface area contributed by atoms with E-state index in [2.05, 4.69) is 12.2 Å². The van der Waals surface area contributed by atoms with E-state index in [9.17, 15) is 5.11 Å². The molecule has 0 spiro atoms. The summed E-state index contributed by atoms with van der Waals surface area (Å²) in [6.07, 6.45) is 4.26. The molecule has 170 valence electrons. The normalized spacial score (nSPS) is 42.1. The first-order chi connectivity index (χ1) is 14.0. The maximum Gasteiger partial charge on any atom is 0.158 e. The molecule has 9 nitrogen and oxygen atoms in total. The average molecular weight is 418 g/mol. The van der Waals surface area contributed by atoms with Crippen LogP contribution >= 0.6 is 0 Å². The van der Waals surface area contributed by atoms with Gasteiger partial charge in [-0.25, -0.2) is 0 Å². The third kappa shape index (κ3) is 6.56. The van der Waals surface area contributed by atoms with E-state index in [0.29, 0.717) is 19.4 Å². The van der Waals surface area contributed by atoms with Gasteiger partial charge < -0.3 is 45.9 Å². The van der Waals surface area contributed by atoms with Gasteiger partial charge in [0.2, 0.25) is 0 Å². The topological polar surface area (TPSA) is 141 Å². The predicted molar refractivity (Wildman–Crippen MR) is 107 cm³/mol. The standard InChI is InChI=1S/C20H39N3O6/c1-12(23-7-8-24)16-3-2-4-18(27-16)29-20-15(22)9-13(21)10-17(20)28-19-6-5-14(11-25)26-19/h12-20,23-25H,2-11,21-22H2,1H3/t12?,13?,14?,15?,16?,17?,18-,19+,20-/m1/s1. The summed E-state index contributed by atoms with van der Waals surface area (Å²) in [5.41, 5.74) is 12.6. The van der Waals surface area contributed by atoms with Crippen LogP contribution in [0.3, 0.4) is 0 Å². The van der Waals surface area contributed by atoms with Gasteiger partial charge in [-0.2, -0.15) is 0 Å². The molecule has 0 aromatic heterocycles. The summed E-state index contributed by atoms with van der Waals surface area (Å²) in [7, 11) is 0. The van der Waals surface area contributed by atoms with Crippen molar-refractivity contribution in [2.75, 3.05) is 19.8 Å². The van der Waals surface area contributed by atoms with Gasteiger partial charge >= 0.3 is 0 Å². The number of hydrogen-bond donors (Lipinski definition) is 5. The van der Waals surface area contributed by atoms with E-state index in [0.717, 1.165) is 32.1 Å². The molecule has 3 rings (SSSR count). The summed E-state index contributed by atoms with van der Waals surface area (Å²) in [5, 5.41) is 21.6. The molecule has 3 aliphatic rings. The van der Waals surface area contributed by atoms with Crippen LogP contribution in [0.2, 0.25) is 0 Å². The predicted octanol–water partition coefficient (Wildman–Crippen LogP) is -0.432. The van der Waals surface area contributed by atoms with Gasteiger partial charge in [-0.05, 0) is 45.4 Å². The summed E-state index contributed by atoms with van der Waals surface area (Å²) in [5.74, 6) is 0. The van der Waals surface area contributed by atoms with Crippen LogP contribution in [0, 0.1) is 0 Å². The Labute approximate surface area is 173 Å². The van der Waals surface area contributed by atoms with Crippen LogP contribution in [0.25, 0.3) is 0 Å². The second kappa shape index (κ2) is 11.3. The fourth-order valence-corrected chi connectivity index (χ4v) is 4.60. The van der Waals surface area contributed by atoms with Gasteiger partial charge in [-0.15, -0.1) is 0 Å². The molecule has 0 aromatic rings. The highest BCUT2D eigenvalue weighted by Crippen LogP contribution is 2.31. The van der Waals surface area contributed by atoms with Crippen LogP contribution in [0.15, 0.2) is 0 Å². The second-order valence-corrected chi connectivity index (χ2v) is 8.62. The Morgan fingerprint density at radius 1 is 1.03 bits per heavy atom. The van der Waals surface area contributed by atoms with E-state index in [1.807, 2.05) is 0 Å². The van der Waals surface area contributed by atoms with Crippen molar-refractivity contribution in [3.63, 3.8) is 0 Å². The number of rotatable bonds is 9. The van der Waals surface area contributed by atoms with E-state index in [-0.39, 0.29) is 68.3 Å². The highest BCUT2D eigenvalue weighted by atomic mass is 16.7. The smallest absolute Gasteiger partial charge is 0.158 e. The molecule has 0 bridgehead atoms. The maximum atomic E-state index is 9.28. The Morgan fingerprint density at radius 3 is 2.55 bits per heavy atom. The van der Waals surface area contributed by atoms with Gasteiger partial charge in [0.25, 0.3) is 0 Å². The molecule has 1 aliphatic carbocycles. The van der Waals surface area contributed by atoms with Crippen molar-refractivity contribution in [2.24, 2.45) is 11.5 Å². The molecule has 0 amide bonds. The zero-order chi connectivity index (χ0) is 20.8. The van der Waals surface area contributed by atoms with E-state index in [1.54, 1.807) is 0 Å². The van der Waals surface area contributed by atoms with Crippen molar-refractivity contribution in [3.05, 3.63) is 0 Å². The molecule has 9 atom stereocenters. The zero-order valence-electron chi connectivity index (χ0n) is 17.4. The highest BCUT2D eigenvalue weighted by Gasteiger charge is 2.41. The van der Waals surface area contributed by atoms with Crippen molar-refractivity contribution in [1.82, 2.24) is 5.32 Å². The quantitative estimate of drug-likeness (QED) is 0.338. The summed E-state index contributed by atoms with van der Waals surface area (Å²) in [6, 6.07) is -0.128. The maximum absolute atomic E-state index is 9.28. The van der Waals surface area contributed by atoms with Crippen molar-refractivity contribution >= 4 is 0 Å². The first-order valence-electron chi connectivity index (χ1n) is 11.1. The van der Waals surface area contributed by atoms with E-state index in [4.69, 9.17) is 35.5 Å². The number of nitrogens with one attached hydrogen (secondary N) is 1. The average Bonchev–Trinajstić information content (AvgIpc) is 3.16. The van der Waals surface area contributed by atoms with Gasteiger partial charge in [0, 0.05) is 31.1 Å². The molecule has 3 fully saturated rings. The van der Waals surface area contributed by atoms with Gasteiger partial charge in [0.15, 0.2) is 12.6 Å². The lowest BCUT2D eigenvalue weighted by Gasteiger charge is -2.43. The minimum absolute atomic E-state index is 0.00326. The van der Waals surface area contributed by atoms with Crippen molar-refractivity contribution in [1.29, 1.82) is 0 Å². The molecule has 0 radical (unpaired) electrons. The molecule has 2 aliphatic heterocycles. The van der Waals surface area contributed by atoms with Gasteiger partial charge in [-0.1, -0.05) is 0 Å². The fraction of sp³-hybridized carbons (Fsp3) is 1.00. The number of ether oxygens (including phenoxy) is 4. The number of hydrogen-bond acceptors (Lipinski definition) is 9.